The first-order valence-electron chi connectivity index (χ1n) is 9.58. The molecule has 0 bridgehead atoms. The highest BCUT2D eigenvalue weighted by atomic mass is 16.7. The van der Waals surface area contributed by atoms with Gasteiger partial charge in [-0.05, 0) is 24.6 Å². The number of fused-ring (bicyclic) bond motifs is 1. The van der Waals surface area contributed by atoms with Gasteiger partial charge in [0.25, 0.3) is 0 Å². The van der Waals surface area contributed by atoms with Crippen LogP contribution in [0.2, 0.25) is 0 Å². The van der Waals surface area contributed by atoms with Crippen LogP contribution in [0, 0.1) is 0 Å². The van der Waals surface area contributed by atoms with Gasteiger partial charge in [0.2, 0.25) is 5.78 Å². The van der Waals surface area contributed by atoms with Crippen LogP contribution in [0.15, 0.2) is 36.4 Å². The van der Waals surface area contributed by atoms with Crippen LogP contribution in [0.4, 0.5) is 0 Å². The molecular formula is C21H22O10. The molecule has 10 nitrogen and oxygen atoms in total. The molecular weight excluding hydrogens is 412 g/mol. The van der Waals surface area contributed by atoms with Gasteiger partial charge in [-0.1, -0.05) is 12.1 Å². The van der Waals surface area contributed by atoms with Gasteiger partial charge in [0, 0.05) is 12.1 Å². The molecule has 0 aliphatic carbocycles. The van der Waals surface area contributed by atoms with E-state index >= 15 is 0 Å². The predicted octanol–water partition coefficient (Wildman–Crippen LogP) is 0.332. The number of ketones is 1. The van der Waals surface area contributed by atoms with Crippen molar-refractivity contribution in [3.63, 3.8) is 0 Å². The van der Waals surface area contributed by atoms with Crippen LogP contribution < -0.4 is 4.74 Å². The van der Waals surface area contributed by atoms with Gasteiger partial charge in [-0.25, -0.2) is 0 Å². The molecule has 166 valence electrons. The number of aliphatic hydroxyl groups is 3. The van der Waals surface area contributed by atoms with E-state index in [1.807, 2.05) is 0 Å². The lowest BCUT2D eigenvalue weighted by Crippen LogP contribution is -2.59. The number of ether oxygens (including phenoxy) is 3. The molecule has 31 heavy (non-hydrogen) atoms. The summed E-state index contributed by atoms with van der Waals surface area (Å²) >= 11 is 0. The molecule has 0 saturated carbocycles. The molecule has 6 N–H and O–H groups in total. The third-order valence-corrected chi connectivity index (χ3v) is 5.41. The number of hydrogen-bond acceptors (Lipinski definition) is 10. The van der Waals surface area contributed by atoms with Gasteiger partial charge in [-0.3, -0.25) is 4.79 Å². The summed E-state index contributed by atoms with van der Waals surface area (Å²) in [5.41, 5.74) is 0.195. The van der Waals surface area contributed by atoms with Gasteiger partial charge in [-0.2, -0.15) is 0 Å². The van der Waals surface area contributed by atoms with Crippen molar-refractivity contribution < 1.29 is 49.6 Å². The summed E-state index contributed by atoms with van der Waals surface area (Å²) in [6.07, 6.45) is -9.49. The number of rotatable bonds is 3. The van der Waals surface area contributed by atoms with Crippen molar-refractivity contribution in [2.45, 2.75) is 49.8 Å². The number of Topliss-reactive ketones (excluding diaryl/α,β-unsaturated/α-hetero) is 1. The van der Waals surface area contributed by atoms with Crippen molar-refractivity contribution >= 4 is 5.78 Å². The lowest BCUT2D eigenvalue weighted by molar-refractivity contribution is -0.304. The number of aromatic hydroxyl groups is 3. The normalized spacial score (nSPS) is 32.9. The maximum absolute atomic E-state index is 13.3. The van der Waals surface area contributed by atoms with Gasteiger partial charge in [0.15, 0.2) is 18.5 Å². The highest BCUT2D eigenvalue weighted by Crippen LogP contribution is 2.43. The minimum absolute atomic E-state index is 0.0176. The minimum atomic E-state index is -1.66. The molecule has 4 rings (SSSR count). The Balaban J connectivity index is 1.73. The Bertz CT molecular complexity index is 975. The minimum Gasteiger partial charge on any atom is -0.508 e. The van der Waals surface area contributed by atoms with E-state index in [1.165, 1.54) is 37.3 Å². The number of benzene rings is 2. The molecule has 2 aromatic rings. The first kappa shape index (κ1) is 21.3. The summed E-state index contributed by atoms with van der Waals surface area (Å²) in [4.78, 5) is 13.3. The Labute approximate surface area is 176 Å². The molecule has 2 aliphatic heterocycles. The van der Waals surface area contributed by atoms with E-state index in [-0.39, 0.29) is 22.8 Å². The molecule has 2 heterocycles. The number of carbonyl (C=O) groups excluding carboxylic acids is 1. The average molecular weight is 434 g/mol. The topological polar surface area (TPSA) is 166 Å². The van der Waals surface area contributed by atoms with Crippen LogP contribution in [0.3, 0.4) is 0 Å². The van der Waals surface area contributed by atoms with Crippen molar-refractivity contribution in [2.75, 3.05) is 0 Å². The molecule has 0 amide bonds. The lowest BCUT2D eigenvalue weighted by Gasteiger charge is -2.42. The molecule has 2 aromatic carbocycles. The summed E-state index contributed by atoms with van der Waals surface area (Å²) < 4.78 is 17.0. The van der Waals surface area contributed by atoms with Crippen molar-refractivity contribution in [3.05, 3.63) is 47.5 Å². The third-order valence-electron chi connectivity index (χ3n) is 5.41. The fourth-order valence-corrected chi connectivity index (χ4v) is 3.72. The van der Waals surface area contributed by atoms with Crippen molar-refractivity contribution in [2.24, 2.45) is 0 Å². The van der Waals surface area contributed by atoms with Crippen molar-refractivity contribution in [3.8, 4) is 23.0 Å². The SMILES string of the molecule is C[C@@H]1O[C@@H](O[C@@H]2C(=O)c3c(O)cc(O)cc3O[C@H]2c2ccc(O)cc2)[C@@H](O)[C@@H](O)[C@H]1O. The van der Waals surface area contributed by atoms with E-state index in [1.54, 1.807) is 0 Å². The molecule has 10 heteroatoms. The van der Waals surface area contributed by atoms with Gasteiger partial charge < -0.3 is 44.8 Å². The van der Waals surface area contributed by atoms with E-state index in [9.17, 15) is 35.4 Å². The van der Waals surface area contributed by atoms with Gasteiger partial charge in [0.05, 0.1) is 6.10 Å². The summed E-state index contributed by atoms with van der Waals surface area (Å²) in [7, 11) is 0. The number of phenols is 3. The van der Waals surface area contributed by atoms with Gasteiger partial charge in [-0.15, -0.1) is 0 Å². The fourth-order valence-electron chi connectivity index (χ4n) is 3.72. The molecule has 2 aliphatic rings. The standard InChI is InChI=1S/C21H22O10/c1-8-15(25)17(27)18(28)21(29-8)31-20-16(26)14-12(24)6-11(23)7-13(14)30-19(20)9-2-4-10(22)5-3-9/h2-8,15,17-25,27-28H,1H3/t8-,15-,17-,18-,19-,20+,21-/m0/s1. The van der Waals surface area contributed by atoms with E-state index in [0.717, 1.165) is 6.07 Å². The van der Waals surface area contributed by atoms with Crippen LogP contribution in [0.5, 0.6) is 23.0 Å². The number of aliphatic hydroxyl groups excluding tert-OH is 3. The second-order valence-corrected chi connectivity index (χ2v) is 7.57. The monoisotopic (exact) mass is 434 g/mol. The Hall–Kier alpha value is -2.89. The van der Waals surface area contributed by atoms with Crippen LogP contribution in [0.1, 0.15) is 28.9 Å². The van der Waals surface area contributed by atoms with Gasteiger partial charge in [0.1, 0.15) is 46.9 Å². The number of hydrogen-bond donors (Lipinski definition) is 6. The fraction of sp³-hybridized carbons (Fsp3) is 0.381. The molecule has 0 aromatic heterocycles. The number of phenolic OH excluding ortho intramolecular Hbond substituents is 3. The largest absolute Gasteiger partial charge is 0.508 e. The Morgan fingerprint density at radius 2 is 1.58 bits per heavy atom. The third kappa shape index (κ3) is 3.80. The second kappa shape index (κ2) is 7.98. The summed E-state index contributed by atoms with van der Waals surface area (Å²) in [6, 6.07) is 7.90. The van der Waals surface area contributed by atoms with Gasteiger partial charge >= 0.3 is 0 Å². The molecule has 0 spiro atoms. The maximum atomic E-state index is 13.3. The van der Waals surface area contributed by atoms with E-state index in [4.69, 9.17) is 14.2 Å². The van der Waals surface area contributed by atoms with E-state index in [0.29, 0.717) is 5.56 Å². The first-order chi connectivity index (χ1) is 14.7. The smallest absolute Gasteiger partial charge is 0.203 e. The van der Waals surface area contributed by atoms with Crippen molar-refractivity contribution in [1.82, 2.24) is 0 Å². The Morgan fingerprint density at radius 3 is 2.26 bits per heavy atom. The highest BCUT2D eigenvalue weighted by molar-refractivity contribution is 6.05. The zero-order chi connectivity index (χ0) is 22.4. The van der Waals surface area contributed by atoms with Crippen LogP contribution in [0.25, 0.3) is 0 Å². The van der Waals surface area contributed by atoms with Crippen LogP contribution >= 0.6 is 0 Å². The molecule has 7 atom stereocenters. The Morgan fingerprint density at radius 1 is 0.903 bits per heavy atom. The Kier molecular flexibility index (Phi) is 5.50. The second-order valence-electron chi connectivity index (χ2n) is 7.57. The van der Waals surface area contributed by atoms with E-state index < -0.39 is 54.4 Å². The summed E-state index contributed by atoms with van der Waals surface area (Å²) in [5.74, 6) is -1.64. The zero-order valence-corrected chi connectivity index (χ0v) is 16.3. The lowest BCUT2D eigenvalue weighted by atomic mass is 9.92. The molecule has 1 fully saturated rings. The van der Waals surface area contributed by atoms with E-state index in [2.05, 4.69) is 0 Å². The highest BCUT2D eigenvalue weighted by Gasteiger charge is 2.48. The predicted molar refractivity (Wildman–Crippen MR) is 103 cm³/mol. The zero-order valence-electron chi connectivity index (χ0n) is 16.3. The summed E-state index contributed by atoms with van der Waals surface area (Å²) in [6.45, 7) is 1.47. The molecule has 1 saturated heterocycles. The van der Waals surface area contributed by atoms with Crippen LogP contribution in [-0.4, -0.2) is 73.2 Å². The maximum Gasteiger partial charge on any atom is 0.203 e. The molecule has 0 radical (unpaired) electrons. The average Bonchev–Trinajstić information content (AvgIpc) is 2.72. The first-order valence-corrected chi connectivity index (χ1v) is 9.58. The quantitative estimate of drug-likeness (QED) is 0.396. The summed E-state index contributed by atoms with van der Waals surface area (Å²) in [5, 5.41) is 59.8. The van der Waals surface area contributed by atoms with Crippen LogP contribution in [-0.2, 0) is 9.47 Å². The molecule has 0 unspecified atom stereocenters. The van der Waals surface area contributed by atoms with Crippen molar-refractivity contribution in [1.29, 1.82) is 0 Å². The number of carbonyl (C=O) groups is 1.